The number of ether oxygens (including phenoxy) is 1. The molecule has 0 radical (unpaired) electrons. The summed E-state index contributed by atoms with van der Waals surface area (Å²) in [7, 11) is 0. The Morgan fingerprint density at radius 1 is 1.05 bits per heavy atom. The summed E-state index contributed by atoms with van der Waals surface area (Å²) in [6.45, 7) is 1.84. The highest BCUT2D eigenvalue weighted by molar-refractivity contribution is 6.32. The fraction of sp³-hybridized carbons (Fsp3) is 0.433. The molecule has 208 valence electrons. The molecular weight excluding hydrogens is 545 g/mol. The largest absolute Gasteiger partial charge is 0.489 e. The van der Waals surface area contributed by atoms with Crippen molar-refractivity contribution in [3.8, 4) is 5.75 Å². The first kappa shape index (κ1) is 28.1. The maximum Gasteiger partial charge on any atom is 0.324 e. The summed E-state index contributed by atoms with van der Waals surface area (Å²) in [4.78, 5) is 14.9. The molecule has 39 heavy (non-hydrogen) atoms. The lowest BCUT2D eigenvalue weighted by Crippen LogP contribution is -2.51. The van der Waals surface area contributed by atoms with Crippen molar-refractivity contribution >= 4 is 39.9 Å². The van der Waals surface area contributed by atoms with Gasteiger partial charge in [0.25, 0.3) is 5.91 Å². The third-order valence-corrected chi connectivity index (χ3v) is 7.92. The zero-order valence-corrected chi connectivity index (χ0v) is 23.0. The van der Waals surface area contributed by atoms with E-state index >= 15 is 8.78 Å². The molecule has 5 nitrogen and oxygen atoms in total. The molecule has 2 atom stereocenters. The van der Waals surface area contributed by atoms with Gasteiger partial charge in [0.05, 0.1) is 17.2 Å². The Morgan fingerprint density at radius 2 is 1.77 bits per heavy atom. The molecule has 0 unspecified atom stereocenters. The Labute approximate surface area is 237 Å². The minimum atomic E-state index is -3.61. The highest BCUT2D eigenvalue weighted by Gasteiger charge is 2.41. The molecule has 1 amide bonds. The molecule has 2 fully saturated rings. The Kier molecular flexibility index (Phi) is 8.62. The normalized spacial score (nSPS) is 17.8. The fourth-order valence-electron chi connectivity index (χ4n) is 4.97. The van der Waals surface area contributed by atoms with Crippen LogP contribution in [0.3, 0.4) is 0 Å². The van der Waals surface area contributed by atoms with Gasteiger partial charge in [-0.3, -0.25) is 4.79 Å². The topological polar surface area (TPSA) is 61.8 Å². The lowest BCUT2D eigenvalue weighted by atomic mass is 9.99. The van der Waals surface area contributed by atoms with Gasteiger partial charge in [-0.1, -0.05) is 53.5 Å². The van der Waals surface area contributed by atoms with E-state index in [1.807, 2.05) is 24.3 Å². The third kappa shape index (κ3) is 7.20. The summed E-state index contributed by atoms with van der Waals surface area (Å²) in [5, 5.41) is 16.4. The summed E-state index contributed by atoms with van der Waals surface area (Å²) in [5.74, 6) is -4.48. The van der Waals surface area contributed by atoms with Gasteiger partial charge in [-0.25, -0.2) is 0 Å². The van der Waals surface area contributed by atoms with Crippen LogP contribution in [0.4, 0.5) is 8.78 Å². The molecule has 1 aliphatic heterocycles. The number of halogens is 4. The van der Waals surface area contributed by atoms with Gasteiger partial charge in [0.1, 0.15) is 11.9 Å². The van der Waals surface area contributed by atoms with Crippen molar-refractivity contribution in [2.75, 3.05) is 19.6 Å². The van der Waals surface area contributed by atoms with Crippen LogP contribution in [0.15, 0.2) is 54.6 Å². The Balaban J connectivity index is 1.26. The molecule has 1 aliphatic carbocycles. The first-order chi connectivity index (χ1) is 18.7. The highest BCUT2D eigenvalue weighted by atomic mass is 35.5. The van der Waals surface area contributed by atoms with Gasteiger partial charge in [-0.15, -0.1) is 0 Å². The number of likely N-dealkylation sites (tertiary alicyclic amines) is 1. The van der Waals surface area contributed by atoms with E-state index in [0.29, 0.717) is 26.9 Å². The lowest BCUT2D eigenvalue weighted by molar-refractivity contribution is -0.148. The van der Waals surface area contributed by atoms with Crippen molar-refractivity contribution in [3.63, 3.8) is 0 Å². The number of hydrogen-bond donors (Lipinski definition) is 2. The second-order valence-corrected chi connectivity index (χ2v) is 11.4. The van der Waals surface area contributed by atoms with Crippen molar-refractivity contribution in [2.45, 2.75) is 62.7 Å². The Bertz CT molecular complexity index is 1330. The Morgan fingerprint density at radius 3 is 2.49 bits per heavy atom. The van der Waals surface area contributed by atoms with Crippen molar-refractivity contribution in [3.05, 3.63) is 75.8 Å². The number of aliphatic hydroxyl groups is 1. The second-order valence-electron chi connectivity index (χ2n) is 10.6. The van der Waals surface area contributed by atoms with Crippen LogP contribution in [0.25, 0.3) is 10.8 Å². The minimum Gasteiger partial charge on any atom is -0.489 e. The zero-order valence-electron chi connectivity index (χ0n) is 21.5. The van der Waals surface area contributed by atoms with E-state index in [2.05, 4.69) is 10.2 Å². The average Bonchev–Trinajstić information content (AvgIpc) is 3.59. The van der Waals surface area contributed by atoms with E-state index in [1.165, 1.54) is 0 Å². The molecule has 0 bridgehead atoms. The average molecular weight is 577 g/mol. The number of rotatable bonds is 11. The van der Waals surface area contributed by atoms with Crippen molar-refractivity contribution in [1.82, 2.24) is 10.2 Å². The minimum absolute atomic E-state index is 0.0242. The van der Waals surface area contributed by atoms with E-state index in [4.69, 9.17) is 27.9 Å². The van der Waals surface area contributed by atoms with Gasteiger partial charge >= 0.3 is 5.92 Å². The summed E-state index contributed by atoms with van der Waals surface area (Å²) < 4.78 is 35.9. The summed E-state index contributed by atoms with van der Waals surface area (Å²) >= 11 is 12.4. The SMILES string of the molecule is O=C(N[C@H](CN1CCCC1)[C@H](O)c1ccc(OC2CC2)c(Cl)c1)C(F)(F)CCc1ccc2cc(Cl)ccc2c1. The summed E-state index contributed by atoms with van der Waals surface area (Å²) in [6.07, 6.45) is 2.26. The predicted molar refractivity (Wildman–Crippen MR) is 150 cm³/mol. The number of benzene rings is 3. The number of aliphatic hydroxyl groups excluding tert-OH is 1. The lowest BCUT2D eigenvalue weighted by Gasteiger charge is -2.30. The molecule has 3 aromatic rings. The second kappa shape index (κ2) is 12.0. The zero-order chi connectivity index (χ0) is 27.6. The monoisotopic (exact) mass is 576 g/mol. The van der Waals surface area contributed by atoms with Crippen LogP contribution in [-0.2, 0) is 11.2 Å². The molecule has 3 aromatic carbocycles. The van der Waals surface area contributed by atoms with E-state index in [0.717, 1.165) is 49.5 Å². The maximum absolute atomic E-state index is 15.1. The fourth-order valence-corrected chi connectivity index (χ4v) is 5.39. The molecule has 1 saturated carbocycles. The molecule has 5 rings (SSSR count). The highest BCUT2D eigenvalue weighted by Crippen LogP contribution is 2.34. The van der Waals surface area contributed by atoms with Gasteiger partial charge in [0, 0.05) is 18.0 Å². The van der Waals surface area contributed by atoms with Crippen LogP contribution in [0.5, 0.6) is 5.75 Å². The number of carbonyl (C=O) groups excluding carboxylic acids is 1. The maximum atomic E-state index is 15.1. The number of hydrogen-bond acceptors (Lipinski definition) is 4. The number of nitrogens with one attached hydrogen (secondary N) is 1. The molecule has 1 heterocycles. The number of amides is 1. The van der Waals surface area contributed by atoms with E-state index in [1.54, 1.807) is 30.3 Å². The van der Waals surface area contributed by atoms with Crippen molar-refractivity contribution in [2.24, 2.45) is 0 Å². The van der Waals surface area contributed by atoms with Crippen LogP contribution >= 0.6 is 23.2 Å². The summed E-state index contributed by atoms with van der Waals surface area (Å²) in [6, 6.07) is 14.8. The molecule has 0 spiro atoms. The number of nitrogens with zero attached hydrogens (tertiary/aromatic N) is 1. The molecule has 1 saturated heterocycles. The van der Waals surface area contributed by atoms with Gasteiger partial charge in [-0.05, 0) is 91.4 Å². The number of alkyl halides is 2. The van der Waals surface area contributed by atoms with E-state index in [9.17, 15) is 9.90 Å². The molecular formula is C30H32Cl2F2N2O3. The number of aryl methyl sites for hydroxylation is 1. The quantitative estimate of drug-likeness (QED) is 0.271. The predicted octanol–water partition coefficient (Wildman–Crippen LogP) is 6.57. The van der Waals surface area contributed by atoms with Crippen LogP contribution < -0.4 is 10.1 Å². The van der Waals surface area contributed by atoms with E-state index < -0.39 is 30.4 Å². The van der Waals surface area contributed by atoms with E-state index in [-0.39, 0.29) is 19.1 Å². The smallest absolute Gasteiger partial charge is 0.324 e. The third-order valence-electron chi connectivity index (χ3n) is 7.39. The molecule has 2 N–H and O–H groups in total. The van der Waals surface area contributed by atoms with Crippen LogP contribution in [0.2, 0.25) is 10.0 Å². The van der Waals surface area contributed by atoms with Crippen LogP contribution in [-0.4, -0.2) is 53.6 Å². The number of fused-ring (bicyclic) bond motifs is 1. The van der Waals surface area contributed by atoms with Gasteiger partial charge in [0.2, 0.25) is 0 Å². The summed E-state index contributed by atoms with van der Waals surface area (Å²) in [5.41, 5.74) is 1.14. The van der Waals surface area contributed by atoms with Gasteiger partial charge in [-0.2, -0.15) is 8.78 Å². The molecule has 9 heteroatoms. The molecule has 0 aromatic heterocycles. The first-order valence-corrected chi connectivity index (χ1v) is 14.2. The molecule has 2 aliphatic rings. The van der Waals surface area contributed by atoms with Crippen molar-refractivity contribution in [1.29, 1.82) is 0 Å². The van der Waals surface area contributed by atoms with Gasteiger partial charge in [0.15, 0.2) is 0 Å². The number of carbonyl (C=O) groups is 1. The standard InChI is InChI=1S/C30H32Cl2F2N2O3/c31-23-7-5-20-15-19(3-4-21(20)16-23)11-12-30(33,34)29(38)35-26(18-36-13-1-2-14-36)28(37)22-6-10-27(25(32)17-22)39-24-8-9-24/h3-7,10,15-17,24,26,28,37H,1-2,8-9,11-14,18H2,(H,35,38)/t26-,28-/m1/s1. The first-order valence-electron chi connectivity index (χ1n) is 13.4. The van der Waals surface area contributed by atoms with Crippen LogP contribution in [0.1, 0.15) is 49.3 Å². The van der Waals surface area contributed by atoms with Gasteiger partial charge < -0.3 is 20.1 Å². The van der Waals surface area contributed by atoms with Crippen LogP contribution in [0, 0.1) is 0 Å². The van der Waals surface area contributed by atoms with Crippen molar-refractivity contribution < 1.29 is 23.4 Å². The Hall–Kier alpha value is -2.45.